The molecule has 28 heavy (non-hydrogen) atoms. The lowest BCUT2D eigenvalue weighted by atomic mass is 9.94. The molecule has 1 aromatic rings. The van der Waals surface area contributed by atoms with E-state index in [1.807, 2.05) is 0 Å². The molecule has 1 heterocycles. The lowest BCUT2D eigenvalue weighted by molar-refractivity contribution is 0.460. The first-order chi connectivity index (χ1) is 13.7. The Bertz CT molecular complexity index is 663. The van der Waals surface area contributed by atoms with Crippen LogP contribution < -0.4 is 10.2 Å². The second kappa shape index (κ2) is 10.7. The number of unbranched alkanes of at least 4 members (excludes halogenated alkanes) is 1. The summed E-state index contributed by atoms with van der Waals surface area (Å²) in [5, 5.41) is 4.57. The number of rotatable bonds is 9. The molecule has 1 aromatic carbocycles. The van der Waals surface area contributed by atoms with Gasteiger partial charge in [0.15, 0.2) is 0 Å². The van der Waals surface area contributed by atoms with Crippen molar-refractivity contribution < 1.29 is 4.39 Å². The molecule has 0 atom stereocenters. The third-order valence-electron chi connectivity index (χ3n) is 6.39. The van der Waals surface area contributed by atoms with Gasteiger partial charge in [0.05, 0.1) is 5.69 Å². The van der Waals surface area contributed by atoms with Crippen LogP contribution in [0.5, 0.6) is 0 Å². The normalized spacial score (nSPS) is 17.6. The highest BCUT2D eigenvalue weighted by Crippen LogP contribution is 2.37. The Morgan fingerprint density at radius 2 is 1.89 bits per heavy atom. The second-order valence-electron chi connectivity index (χ2n) is 8.42. The van der Waals surface area contributed by atoms with Gasteiger partial charge in [-0.15, -0.1) is 0 Å². The molecule has 0 saturated heterocycles. The number of halogens is 2. The van der Waals surface area contributed by atoms with Gasteiger partial charge >= 0.3 is 0 Å². The van der Waals surface area contributed by atoms with Crippen LogP contribution in [0.25, 0.3) is 6.08 Å². The Kier molecular flexibility index (Phi) is 8.25. The maximum atomic E-state index is 14.9. The lowest BCUT2D eigenvalue weighted by Gasteiger charge is -2.38. The van der Waals surface area contributed by atoms with Crippen molar-refractivity contribution in [3.05, 3.63) is 29.1 Å². The van der Waals surface area contributed by atoms with E-state index < -0.39 is 0 Å². The lowest BCUT2D eigenvalue weighted by Crippen LogP contribution is -2.38. The zero-order chi connectivity index (χ0) is 19.9. The minimum absolute atomic E-state index is 0.105. The highest BCUT2D eigenvalue weighted by atomic mass is 79.9. The predicted octanol–water partition coefficient (Wildman–Crippen LogP) is 7.53. The molecule has 156 valence electrons. The van der Waals surface area contributed by atoms with Crippen molar-refractivity contribution in [2.24, 2.45) is 0 Å². The zero-order valence-corrected chi connectivity index (χ0v) is 19.2. The summed E-state index contributed by atoms with van der Waals surface area (Å²) in [5.74, 6) is -0.105. The first-order valence-electron chi connectivity index (χ1n) is 11.3. The van der Waals surface area contributed by atoms with Gasteiger partial charge in [-0.2, -0.15) is 0 Å². The van der Waals surface area contributed by atoms with Gasteiger partial charge in [-0.1, -0.05) is 60.7 Å². The van der Waals surface area contributed by atoms with E-state index in [0.29, 0.717) is 17.8 Å². The standard InChI is InChI=1S/C24H36BrFN2/c1-3-21(4-2)28-17-18(10-8-9-13-25)14-19-15-22(26)23(16-24(19)28)27-20-11-6-5-7-12-20/h14-16,20-21,27H,3-13,17H2,1-2H3. The molecule has 2 nitrogen and oxygen atoms in total. The molecule has 0 unspecified atom stereocenters. The average Bonchev–Trinajstić information content (AvgIpc) is 2.71. The van der Waals surface area contributed by atoms with E-state index in [2.05, 4.69) is 52.1 Å². The van der Waals surface area contributed by atoms with Crippen LogP contribution in [0.1, 0.15) is 83.6 Å². The Hall–Kier alpha value is -1.03. The van der Waals surface area contributed by atoms with Crippen molar-refractivity contribution in [2.45, 2.75) is 90.1 Å². The number of benzene rings is 1. The van der Waals surface area contributed by atoms with Gasteiger partial charge in [-0.05, 0) is 57.1 Å². The first-order valence-corrected chi connectivity index (χ1v) is 12.4. The van der Waals surface area contributed by atoms with Crippen LogP contribution in [-0.2, 0) is 0 Å². The third kappa shape index (κ3) is 5.31. The molecule has 2 aliphatic rings. The van der Waals surface area contributed by atoms with Crippen molar-refractivity contribution in [2.75, 3.05) is 22.1 Å². The minimum atomic E-state index is -0.105. The van der Waals surface area contributed by atoms with Gasteiger partial charge in [0.2, 0.25) is 0 Å². The highest BCUT2D eigenvalue weighted by Gasteiger charge is 2.25. The van der Waals surface area contributed by atoms with E-state index >= 15 is 0 Å². The Morgan fingerprint density at radius 3 is 2.57 bits per heavy atom. The molecule has 0 spiro atoms. The summed E-state index contributed by atoms with van der Waals surface area (Å²) in [5.41, 5.74) is 4.39. The smallest absolute Gasteiger partial charge is 0.147 e. The zero-order valence-electron chi connectivity index (χ0n) is 17.6. The number of nitrogens with one attached hydrogen (secondary N) is 1. The van der Waals surface area contributed by atoms with Gasteiger partial charge < -0.3 is 10.2 Å². The molecule has 0 aromatic heterocycles. The van der Waals surface area contributed by atoms with Crippen LogP contribution >= 0.6 is 15.9 Å². The van der Waals surface area contributed by atoms with Crippen molar-refractivity contribution in [3.8, 4) is 0 Å². The van der Waals surface area contributed by atoms with Gasteiger partial charge in [-0.3, -0.25) is 0 Å². The third-order valence-corrected chi connectivity index (χ3v) is 6.95. The Balaban J connectivity index is 1.88. The fraction of sp³-hybridized carbons (Fsp3) is 0.667. The molecule has 1 N–H and O–H groups in total. The van der Waals surface area contributed by atoms with Gasteiger partial charge in [-0.25, -0.2) is 4.39 Å². The summed E-state index contributed by atoms with van der Waals surface area (Å²) in [6.45, 7) is 5.51. The molecule has 0 radical (unpaired) electrons. The minimum Gasteiger partial charge on any atom is -0.380 e. The molecular formula is C24H36BrFN2. The first kappa shape index (κ1) is 21.7. The summed E-state index contributed by atoms with van der Waals surface area (Å²) in [7, 11) is 0. The van der Waals surface area contributed by atoms with Crippen molar-refractivity contribution in [1.29, 1.82) is 0 Å². The number of nitrogens with zero attached hydrogens (tertiary/aromatic N) is 1. The summed E-state index contributed by atoms with van der Waals surface area (Å²) in [6, 6.07) is 4.77. The molecule has 3 rings (SSSR count). The SMILES string of the molecule is CCC(CC)N1CC(CCCCBr)=Cc2cc(F)c(NC3CCCCC3)cc21. The highest BCUT2D eigenvalue weighted by molar-refractivity contribution is 9.09. The van der Waals surface area contributed by atoms with E-state index in [1.165, 1.54) is 43.4 Å². The monoisotopic (exact) mass is 450 g/mol. The van der Waals surface area contributed by atoms with E-state index in [0.717, 1.165) is 49.5 Å². The molecule has 1 saturated carbocycles. The van der Waals surface area contributed by atoms with Crippen LogP contribution in [0.15, 0.2) is 17.7 Å². The Labute approximate surface area is 179 Å². The van der Waals surface area contributed by atoms with Gasteiger partial charge in [0.25, 0.3) is 0 Å². The molecule has 1 fully saturated rings. The van der Waals surface area contributed by atoms with Gasteiger partial charge in [0.1, 0.15) is 5.82 Å². The van der Waals surface area contributed by atoms with Crippen LogP contribution in [0.3, 0.4) is 0 Å². The number of alkyl halides is 1. The van der Waals surface area contributed by atoms with Crippen LogP contribution in [0.4, 0.5) is 15.8 Å². The number of hydrogen-bond acceptors (Lipinski definition) is 2. The van der Waals surface area contributed by atoms with E-state index in [-0.39, 0.29) is 5.82 Å². The average molecular weight is 451 g/mol. The fourth-order valence-corrected chi connectivity index (χ4v) is 5.14. The topological polar surface area (TPSA) is 15.3 Å². The molecule has 0 bridgehead atoms. The second-order valence-corrected chi connectivity index (χ2v) is 9.21. The van der Waals surface area contributed by atoms with Crippen LogP contribution in [-0.4, -0.2) is 24.0 Å². The van der Waals surface area contributed by atoms with Gasteiger partial charge in [0, 0.05) is 35.2 Å². The van der Waals surface area contributed by atoms with Crippen molar-refractivity contribution in [3.63, 3.8) is 0 Å². The summed E-state index contributed by atoms with van der Waals surface area (Å²) in [4.78, 5) is 2.53. The molecule has 4 heteroatoms. The molecular weight excluding hydrogens is 415 g/mol. The van der Waals surface area contributed by atoms with Crippen LogP contribution in [0.2, 0.25) is 0 Å². The maximum Gasteiger partial charge on any atom is 0.147 e. The Morgan fingerprint density at radius 1 is 1.14 bits per heavy atom. The van der Waals surface area contributed by atoms with Crippen LogP contribution in [0, 0.1) is 5.82 Å². The fourth-order valence-electron chi connectivity index (χ4n) is 4.74. The molecule has 1 aliphatic heterocycles. The predicted molar refractivity (Wildman–Crippen MR) is 124 cm³/mol. The van der Waals surface area contributed by atoms with E-state index in [1.54, 1.807) is 6.07 Å². The maximum absolute atomic E-state index is 14.9. The summed E-state index contributed by atoms with van der Waals surface area (Å²) < 4.78 is 14.9. The largest absolute Gasteiger partial charge is 0.380 e. The number of anilines is 2. The van der Waals surface area contributed by atoms with Crippen molar-refractivity contribution in [1.82, 2.24) is 0 Å². The molecule has 1 aliphatic carbocycles. The summed E-state index contributed by atoms with van der Waals surface area (Å²) in [6.07, 6.45) is 14.1. The van der Waals surface area contributed by atoms with E-state index in [4.69, 9.17) is 0 Å². The number of fused-ring (bicyclic) bond motifs is 1. The number of hydrogen-bond donors (Lipinski definition) is 1. The molecule has 0 amide bonds. The summed E-state index contributed by atoms with van der Waals surface area (Å²) >= 11 is 3.53. The van der Waals surface area contributed by atoms with E-state index in [9.17, 15) is 4.39 Å². The quantitative estimate of drug-likeness (QED) is 0.308. The van der Waals surface area contributed by atoms with Crippen molar-refractivity contribution >= 4 is 33.4 Å².